The van der Waals surface area contributed by atoms with Gasteiger partial charge in [-0.05, 0) is 17.7 Å². The molecule has 0 saturated heterocycles. The van der Waals surface area contributed by atoms with Gasteiger partial charge in [0.2, 0.25) is 0 Å². The van der Waals surface area contributed by atoms with E-state index in [1.165, 1.54) is 0 Å². The van der Waals surface area contributed by atoms with Gasteiger partial charge < -0.3 is 4.84 Å². The zero-order valence-corrected chi connectivity index (χ0v) is 13.0. The molecule has 0 saturated carbocycles. The third-order valence-corrected chi connectivity index (χ3v) is 3.41. The fourth-order valence-electron chi connectivity index (χ4n) is 2.26. The maximum absolute atomic E-state index is 12.0. The van der Waals surface area contributed by atoms with Crippen molar-refractivity contribution < 1.29 is 9.63 Å². The summed E-state index contributed by atoms with van der Waals surface area (Å²) in [6, 6.07) is 22.7. The molecule has 3 rings (SSSR count). The Hall–Kier alpha value is -3.27. The molecule has 0 aliphatic rings. The first-order valence-electron chi connectivity index (χ1n) is 7.60. The minimum atomic E-state index is -0.404. The number of hydrogen-bond donors (Lipinski definition) is 0. The zero-order chi connectivity index (χ0) is 16.6. The predicted octanol–water partition coefficient (Wildman–Crippen LogP) is 3.62. The monoisotopic (exact) mass is 316 g/mol. The number of carbonyl (C=O) groups excluding carboxylic acids is 1. The number of nitrogens with zero attached hydrogens (tertiary/aromatic N) is 2. The Morgan fingerprint density at radius 3 is 2.21 bits per heavy atom. The molecule has 0 fully saturated rings. The fourth-order valence-corrected chi connectivity index (χ4v) is 2.26. The molecular weight excluding hydrogens is 300 g/mol. The normalized spacial score (nSPS) is 11.1. The van der Waals surface area contributed by atoms with Gasteiger partial charge >= 0.3 is 5.97 Å². The molecule has 1 aromatic heterocycles. The molecular formula is C20H16N2O2. The first kappa shape index (κ1) is 15.6. The highest BCUT2D eigenvalue weighted by atomic mass is 16.7. The maximum atomic E-state index is 12.0. The summed E-state index contributed by atoms with van der Waals surface area (Å²) < 4.78 is 0. The van der Waals surface area contributed by atoms with E-state index in [1.807, 2.05) is 72.8 Å². The minimum absolute atomic E-state index is 0.180. The molecule has 0 amide bonds. The van der Waals surface area contributed by atoms with Crippen LogP contribution in [0.4, 0.5) is 0 Å². The smallest absolute Gasteiger partial charge is 0.317 e. The van der Waals surface area contributed by atoms with Gasteiger partial charge in [0.1, 0.15) is 5.71 Å². The van der Waals surface area contributed by atoms with Crippen molar-refractivity contribution in [2.75, 3.05) is 0 Å². The standard InChI is InChI=1S/C20H16N2O2/c23-19(14-16-8-3-1-4-9-16)24-22-20(17-10-5-2-6-11-17)18-12-7-13-21-15-18/h1-13,15H,14H2. The number of benzene rings is 2. The number of hydrogen-bond acceptors (Lipinski definition) is 4. The molecule has 0 atom stereocenters. The largest absolute Gasteiger partial charge is 0.339 e. The molecule has 0 aliphatic carbocycles. The average molecular weight is 316 g/mol. The van der Waals surface area contributed by atoms with E-state index in [2.05, 4.69) is 10.1 Å². The van der Waals surface area contributed by atoms with E-state index >= 15 is 0 Å². The summed E-state index contributed by atoms with van der Waals surface area (Å²) in [6.07, 6.45) is 3.56. The van der Waals surface area contributed by atoms with Gasteiger partial charge in [-0.3, -0.25) is 4.98 Å². The SMILES string of the molecule is O=C(Cc1ccccc1)ON=C(c1ccccc1)c1cccnc1. The predicted molar refractivity (Wildman–Crippen MR) is 92.6 cm³/mol. The molecule has 3 aromatic rings. The van der Waals surface area contributed by atoms with Crippen molar-refractivity contribution in [1.82, 2.24) is 4.98 Å². The van der Waals surface area contributed by atoms with Gasteiger partial charge in [0.15, 0.2) is 0 Å². The number of rotatable bonds is 5. The van der Waals surface area contributed by atoms with E-state index in [-0.39, 0.29) is 6.42 Å². The Labute approximate surface area is 140 Å². The van der Waals surface area contributed by atoms with Crippen LogP contribution in [0.1, 0.15) is 16.7 Å². The van der Waals surface area contributed by atoms with Crippen LogP contribution in [0.25, 0.3) is 0 Å². The van der Waals surface area contributed by atoms with E-state index in [0.29, 0.717) is 5.71 Å². The fraction of sp³-hybridized carbons (Fsp3) is 0.0500. The second-order valence-corrected chi connectivity index (χ2v) is 5.17. The molecule has 0 radical (unpaired) electrons. The van der Waals surface area contributed by atoms with E-state index in [9.17, 15) is 4.79 Å². The van der Waals surface area contributed by atoms with Crippen molar-refractivity contribution in [2.45, 2.75) is 6.42 Å². The van der Waals surface area contributed by atoms with Crippen molar-refractivity contribution in [1.29, 1.82) is 0 Å². The van der Waals surface area contributed by atoms with Crippen LogP contribution in [0.2, 0.25) is 0 Å². The minimum Gasteiger partial charge on any atom is -0.317 e. The van der Waals surface area contributed by atoms with E-state index in [1.54, 1.807) is 12.4 Å². The molecule has 0 unspecified atom stereocenters. The molecule has 2 aromatic carbocycles. The summed E-state index contributed by atoms with van der Waals surface area (Å²) in [4.78, 5) is 21.3. The van der Waals surface area contributed by atoms with Gasteiger partial charge in [-0.25, -0.2) is 4.79 Å². The average Bonchev–Trinajstić information content (AvgIpc) is 2.64. The molecule has 0 N–H and O–H groups in total. The van der Waals surface area contributed by atoms with Gasteiger partial charge in [0.25, 0.3) is 0 Å². The van der Waals surface area contributed by atoms with Crippen LogP contribution >= 0.6 is 0 Å². The Morgan fingerprint density at radius 1 is 0.875 bits per heavy atom. The highest BCUT2D eigenvalue weighted by Crippen LogP contribution is 2.11. The first-order chi connectivity index (χ1) is 11.8. The van der Waals surface area contributed by atoms with E-state index in [0.717, 1.165) is 16.7 Å². The Balaban J connectivity index is 1.81. The second-order valence-electron chi connectivity index (χ2n) is 5.17. The lowest BCUT2D eigenvalue weighted by atomic mass is 10.0. The summed E-state index contributed by atoms with van der Waals surface area (Å²) in [5.41, 5.74) is 3.11. The molecule has 4 heteroatoms. The van der Waals surface area contributed by atoms with Crippen LogP contribution in [0.5, 0.6) is 0 Å². The topological polar surface area (TPSA) is 51.5 Å². The number of aromatic nitrogens is 1. The second kappa shape index (κ2) is 7.83. The van der Waals surface area contributed by atoms with Gasteiger partial charge in [0, 0.05) is 23.5 Å². The highest BCUT2D eigenvalue weighted by Gasteiger charge is 2.10. The number of pyridine rings is 1. The summed E-state index contributed by atoms with van der Waals surface area (Å²) in [5.74, 6) is -0.404. The number of carbonyl (C=O) groups is 1. The third-order valence-electron chi connectivity index (χ3n) is 3.41. The van der Waals surface area contributed by atoms with Crippen LogP contribution in [0.15, 0.2) is 90.3 Å². The van der Waals surface area contributed by atoms with E-state index < -0.39 is 5.97 Å². The van der Waals surface area contributed by atoms with E-state index in [4.69, 9.17) is 4.84 Å². The van der Waals surface area contributed by atoms with Crippen molar-refractivity contribution >= 4 is 11.7 Å². The van der Waals surface area contributed by atoms with Gasteiger partial charge in [-0.15, -0.1) is 0 Å². The zero-order valence-electron chi connectivity index (χ0n) is 13.0. The lowest BCUT2D eigenvalue weighted by Crippen LogP contribution is -2.09. The molecule has 0 aliphatic heterocycles. The van der Waals surface area contributed by atoms with Gasteiger partial charge in [-0.1, -0.05) is 65.8 Å². The summed E-state index contributed by atoms with van der Waals surface area (Å²) in [7, 11) is 0. The van der Waals surface area contributed by atoms with Crippen LogP contribution < -0.4 is 0 Å². The summed E-state index contributed by atoms with van der Waals surface area (Å²) in [5, 5.41) is 4.09. The van der Waals surface area contributed by atoms with Crippen LogP contribution in [0.3, 0.4) is 0 Å². The molecule has 1 heterocycles. The van der Waals surface area contributed by atoms with Gasteiger partial charge in [0.05, 0.1) is 6.42 Å². The number of oxime groups is 1. The maximum Gasteiger partial charge on any atom is 0.339 e. The quantitative estimate of drug-likeness (QED) is 0.410. The lowest BCUT2D eigenvalue weighted by Gasteiger charge is -2.06. The summed E-state index contributed by atoms with van der Waals surface area (Å²) in [6.45, 7) is 0. The van der Waals surface area contributed by atoms with Crippen LogP contribution in [-0.2, 0) is 16.1 Å². The molecule has 24 heavy (non-hydrogen) atoms. The molecule has 0 spiro atoms. The lowest BCUT2D eigenvalue weighted by molar-refractivity contribution is -0.142. The summed E-state index contributed by atoms with van der Waals surface area (Å²) >= 11 is 0. The molecule has 4 nitrogen and oxygen atoms in total. The Morgan fingerprint density at radius 2 is 1.54 bits per heavy atom. The highest BCUT2D eigenvalue weighted by molar-refractivity contribution is 6.12. The molecule has 118 valence electrons. The van der Waals surface area contributed by atoms with Crippen LogP contribution in [-0.4, -0.2) is 16.7 Å². The van der Waals surface area contributed by atoms with Crippen molar-refractivity contribution in [2.24, 2.45) is 5.16 Å². The Bertz CT molecular complexity index is 775. The molecule has 0 bridgehead atoms. The van der Waals surface area contributed by atoms with Crippen molar-refractivity contribution in [3.8, 4) is 0 Å². The Kier molecular flexibility index (Phi) is 5.10. The van der Waals surface area contributed by atoms with Gasteiger partial charge in [-0.2, -0.15) is 0 Å². The first-order valence-corrected chi connectivity index (χ1v) is 7.60. The van der Waals surface area contributed by atoms with Crippen LogP contribution in [0, 0.1) is 0 Å². The van der Waals surface area contributed by atoms with Crippen molar-refractivity contribution in [3.63, 3.8) is 0 Å². The van der Waals surface area contributed by atoms with Crippen molar-refractivity contribution in [3.05, 3.63) is 102 Å². The third kappa shape index (κ3) is 4.14.